The van der Waals surface area contributed by atoms with Crippen molar-refractivity contribution in [2.75, 3.05) is 13.1 Å². The number of hydrogen-bond donors (Lipinski definition) is 0. The van der Waals surface area contributed by atoms with Crippen molar-refractivity contribution < 1.29 is 21.6 Å². The molecule has 22 heavy (non-hydrogen) atoms. The van der Waals surface area contributed by atoms with Crippen molar-refractivity contribution in [2.24, 2.45) is 0 Å². The van der Waals surface area contributed by atoms with Crippen LogP contribution in [0.5, 0.6) is 0 Å². The van der Waals surface area contributed by atoms with Crippen molar-refractivity contribution in [1.82, 2.24) is 19.3 Å². The van der Waals surface area contributed by atoms with Gasteiger partial charge in [-0.05, 0) is 24.3 Å². The molecule has 6 nitrogen and oxygen atoms in total. The van der Waals surface area contributed by atoms with E-state index in [2.05, 4.69) is 10.3 Å². The molecule has 1 aromatic heterocycles. The highest BCUT2D eigenvalue weighted by atomic mass is 32.2. The molecule has 1 saturated heterocycles. The Morgan fingerprint density at radius 1 is 1.14 bits per heavy atom. The van der Waals surface area contributed by atoms with Crippen LogP contribution < -0.4 is 0 Å². The second-order valence-corrected chi connectivity index (χ2v) is 6.82. The lowest BCUT2D eigenvalue weighted by atomic mass is 10.2. The van der Waals surface area contributed by atoms with Crippen LogP contribution in [0.3, 0.4) is 0 Å². The molecule has 0 saturated carbocycles. The molecule has 0 radical (unpaired) electrons. The van der Waals surface area contributed by atoms with E-state index in [0.717, 1.165) is 24.3 Å². The molecule has 0 atom stereocenters. The molecule has 2 heterocycles. The Morgan fingerprint density at radius 2 is 1.77 bits per heavy atom. The predicted octanol–water partition coefficient (Wildman–Crippen LogP) is 1.54. The van der Waals surface area contributed by atoms with Crippen LogP contribution in [0.2, 0.25) is 0 Å². The van der Waals surface area contributed by atoms with Crippen molar-refractivity contribution in [3.05, 3.63) is 42.2 Å². The molecule has 2 aromatic rings. The van der Waals surface area contributed by atoms with E-state index in [-0.39, 0.29) is 24.0 Å². The molecule has 0 spiro atoms. The summed E-state index contributed by atoms with van der Waals surface area (Å²) in [6.45, 7) is 0.430. The SMILES string of the molecule is O=S(=O)(c1ccc(C(F)(F)F)cc1)N1CC(n2ccnn2)C1. The molecule has 1 aliphatic heterocycles. The van der Waals surface area contributed by atoms with Gasteiger partial charge in [-0.25, -0.2) is 13.1 Å². The molecule has 0 N–H and O–H groups in total. The Morgan fingerprint density at radius 3 is 2.27 bits per heavy atom. The van der Waals surface area contributed by atoms with Gasteiger partial charge >= 0.3 is 6.18 Å². The van der Waals surface area contributed by atoms with Crippen LogP contribution in [0.1, 0.15) is 11.6 Å². The van der Waals surface area contributed by atoms with Gasteiger partial charge < -0.3 is 0 Å². The first kappa shape index (κ1) is 15.0. The number of halogens is 3. The number of rotatable bonds is 3. The molecule has 1 aromatic carbocycles. The first-order chi connectivity index (χ1) is 10.3. The molecule has 10 heteroatoms. The molecule has 0 unspecified atom stereocenters. The van der Waals surface area contributed by atoms with E-state index in [1.54, 1.807) is 10.9 Å². The monoisotopic (exact) mass is 332 g/mol. The highest BCUT2D eigenvalue weighted by molar-refractivity contribution is 7.89. The van der Waals surface area contributed by atoms with Crippen LogP contribution in [0, 0.1) is 0 Å². The van der Waals surface area contributed by atoms with Crippen molar-refractivity contribution in [3.8, 4) is 0 Å². The molecular weight excluding hydrogens is 321 g/mol. The van der Waals surface area contributed by atoms with E-state index in [4.69, 9.17) is 0 Å². The van der Waals surface area contributed by atoms with Crippen LogP contribution in [-0.2, 0) is 16.2 Å². The number of benzene rings is 1. The Labute approximate surface area is 124 Å². The lowest BCUT2D eigenvalue weighted by Gasteiger charge is -2.37. The maximum Gasteiger partial charge on any atom is 0.416 e. The average Bonchev–Trinajstić information content (AvgIpc) is 2.89. The maximum absolute atomic E-state index is 12.5. The Balaban J connectivity index is 1.74. The highest BCUT2D eigenvalue weighted by Crippen LogP contribution is 2.32. The lowest BCUT2D eigenvalue weighted by molar-refractivity contribution is -0.137. The summed E-state index contributed by atoms with van der Waals surface area (Å²) in [7, 11) is -3.78. The first-order valence-electron chi connectivity index (χ1n) is 6.32. The summed E-state index contributed by atoms with van der Waals surface area (Å²) in [5.41, 5.74) is -0.879. The topological polar surface area (TPSA) is 68.1 Å². The molecular formula is C12H11F3N4O2S. The minimum atomic E-state index is -4.49. The van der Waals surface area contributed by atoms with Gasteiger partial charge in [-0.3, -0.25) is 0 Å². The fourth-order valence-electron chi connectivity index (χ4n) is 2.16. The lowest BCUT2D eigenvalue weighted by Crippen LogP contribution is -2.50. The molecule has 1 aliphatic rings. The fraction of sp³-hybridized carbons (Fsp3) is 0.333. The fourth-order valence-corrected chi connectivity index (χ4v) is 3.67. The second kappa shape index (κ2) is 5.06. The van der Waals surface area contributed by atoms with Gasteiger partial charge in [0.2, 0.25) is 10.0 Å². The average molecular weight is 332 g/mol. The number of hydrogen-bond acceptors (Lipinski definition) is 4. The van der Waals surface area contributed by atoms with Crippen LogP contribution in [0.4, 0.5) is 13.2 Å². The number of sulfonamides is 1. The number of nitrogens with zero attached hydrogens (tertiary/aromatic N) is 4. The van der Waals surface area contributed by atoms with Gasteiger partial charge in [-0.15, -0.1) is 5.10 Å². The zero-order chi connectivity index (χ0) is 16.0. The first-order valence-corrected chi connectivity index (χ1v) is 7.76. The van der Waals surface area contributed by atoms with Gasteiger partial charge in [0.1, 0.15) is 0 Å². The molecule has 3 rings (SSSR count). The van der Waals surface area contributed by atoms with E-state index in [9.17, 15) is 21.6 Å². The van der Waals surface area contributed by atoms with Crippen molar-refractivity contribution in [1.29, 1.82) is 0 Å². The summed E-state index contributed by atoms with van der Waals surface area (Å²) in [6.07, 6.45) is -1.36. The normalized spacial score (nSPS) is 17.4. The van der Waals surface area contributed by atoms with Gasteiger partial charge in [0.15, 0.2) is 0 Å². The van der Waals surface area contributed by atoms with Gasteiger partial charge in [-0.2, -0.15) is 17.5 Å². The molecule has 0 bridgehead atoms. The van der Waals surface area contributed by atoms with Crippen LogP contribution >= 0.6 is 0 Å². The van der Waals surface area contributed by atoms with E-state index in [1.807, 2.05) is 0 Å². The summed E-state index contributed by atoms with van der Waals surface area (Å²) in [5.74, 6) is 0. The Bertz CT molecular complexity index is 751. The highest BCUT2D eigenvalue weighted by Gasteiger charge is 2.38. The minimum absolute atomic E-state index is 0.105. The summed E-state index contributed by atoms with van der Waals surface area (Å²) in [6, 6.07) is 3.37. The summed E-state index contributed by atoms with van der Waals surface area (Å²) >= 11 is 0. The maximum atomic E-state index is 12.5. The third-order valence-electron chi connectivity index (χ3n) is 3.46. The zero-order valence-corrected chi connectivity index (χ0v) is 11.9. The molecule has 0 amide bonds. The van der Waals surface area contributed by atoms with E-state index < -0.39 is 21.8 Å². The second-order valence-electron chi connectivity index (χ2n) is 4.88. The van der Waals surface area contributed by atoms with Crippen molar-refractivity contribution in [3.63, 3.8) is 0 Å². The predicted molar refractivity (Wildman–Crippen MR) is 69.3 cm³/mol. The molecule has 0 aliphatic carbocycles. The van der Waals surface area contributed by atoms with Gasteiger partial charge in [0.25, 0.3) is 0 Å². The van der Waals surface area contributed by atoms with Gasteiger partial charge in [0.05, 0.1) is 22.7 Å². The van der Waals surface area contributed by atoms with Gasteiger partial charge in [0, 0.05) is 19.3 Å². The van der Waals surface area contributed by atoms with Crippen molar-refractivity contribution >= 4 is 10.0 Å². The molecule has 1 fully saturated rings. The van der Waals surface area contributed by atoms with Crippen LogP contribution in [-0.4, -0.2) is 40.8 Å². The summed E-state index contributed by atoms with van der Waals surface area (Å²) in [5, 5.41) is 7.43. The van der Waals surface area contributed by atoms with Crippen molar-refractivity contribution in [2.45, 2.75) is 17.1 Å². The van der Waals surface area contributed by atoms with E-state index in [0.29, 0.717) is 0 Å². The standard InChI is InChI=1S/C12H11F3N4O2S/c13-12(14,15)9-1-3-11(4-2-9)22(20,21)18-7-10(8-18)19-6-5-16-17-19/h1-6,10H,7-8H2. The van der Waals surface area contributed by atoms with Crippen LogP contribution in [0.25, 0.3) is 0 Å². The summed E-state index contributed by atoms with van der Waals surface area (Å²) < 4.78 is 64.8. The minimum Gasteiger partial charge on any atom is -0.247 e. The third kappa shape index (κ3) is 2.59. The van der Waals surface area contributed by atoms with Crippen LogP contribution in [0.15, 0.2) is 41.6 Å². The smallest absolute Gasteiger partial charge is 0.247 e. The Hall–Kier alpha value is -1.94. The van der Waals surface area contributed by atoms with Gasteiger partial charge in [-0.1, -0.05) is 5.21 Å². The number of aromatic nitrogens is 3. The Kier molecular flexibility index (Phi) is 3.44. The third-order valence-corrected chi connectivity index (χ3v) is 5.31. The van der Waals surface area contributed by atoms with E-state index >= 15 is 0 Å². The largest absolute Gasteiger partial charge is 0.416 e. The zero-order valence-electron chi connectivity index (χ0n) is 11.1. The van der Waals surface area contributed by atoms with E-state index in [1.165, 1.54) is 10.5 Å². The number of alkyl halides is 3. The summed E-state index contributed by atoms with van der Waals surface area (Å²) in [4.78, 5) is -0.155. The quantitative estimate of drug-likeness (QED) is 0.855. The molecule has 118 valence electrons.